The van der Waals surface area contributed by atoms with Crippen LogP contribution in [0.4, 0.5) is 0 Å². The average Bonchev–Trinajstić information content (AvgIpc) is 2.91. The van der Waals surface area contributed by atoms with Gasteiger partial charge in [0.2, 0.25) is 5.91 Å². The number of benzene rings is 1. The van der Waals surface area contributed by atoms with Crippen LogP contribution < -0.4 is 9.47 Å². The van der Waals surface area contributed by atoms with E-state index >= 15 is 0 Å². The van der Waals surface area contributed by atoms with E-state index in [0.717, 1.165) is 0 Å². The third-order valence-electron chi connectivity index (χ3n) is 4.99. The van der Waals surface area contributed by atoms with Gasteiger partial charge in [0, 0.05) is 19.2 Å². The van der Waals surface area contributed by atoms with Crippen molar-refractivity contribution in [3.05, 3.63) is 23.8 Å². The lowest BCUT2D eigenvalue weighted by Crippen LogP contribution is -2.61. The summed E-state index contributed by atoms with van der Waals surface area (Å²) >= 11 is 0. The summed E-state index contributed by atoms with van der Waals surface area (Å²) < 4.78 is 22.2. The molecule has 2 saturated heterocycles. The lowest BCUT2D eigenvalue weighted by Gasteiger charge is -2.42. The first kappa shape index (κ1) is 19.4. The number of likely N-dealkylation sites (N-methyl/N-ethyl adjacent to an activating group) is 1. The van der Waals surface area contributed by atoms with E-state index in [1.54, 1.807) is 35.1 Å². The zero-order valence-corrected chi connectivity index (χ0v) is 16.0. The number of amides is 2. The maximum absolute atomic E-state index is 13.2. The van der Waals surface area contributed by atoms with Crippen LogP contribution in [0.25, 0.3) is 0 Å². The number of hydrogen-bond donors (Lipinski definition) is 0. The molecule has 8 heteroatoms. The zero-order valence-electron chi connectivity index (χ0n) is 16.0. The lowest BCUT2D eigenvalue weighted by molar-refractivity contribution is -0.171. The number of methoxy groups -OCH3 is 2. The predicted octanol–water partition coefficient (Wildman–Crippen LogP) is 0.794. The van der Waals surface area contributed by atoms with E-state index in [0.29, 0.717) is 56.5 Å². The molecule has 0 aliphatic carbocycles. The molecule has 2 amide bonds. The SMILES string of the molecule is CCN1CC2(COCCN(C(=O)c3ccc(OC)cc3OC)C2)OCC1=O. The fourth-order valence-corrected chi connectivity index (χ4v) is 3.48. The van der Waals surface area contributed by atoms with Crippen molar-refractivity contribution >= 4 is 11.8 Å². The van der Waals surface area contributed by atoms with Crippen molar-refractivity contribution in [2.24, 2.45) is 0 Å². The van der Waals surface area contributed by atoms with Crippen LogP contribution in [-0.2, 0) is 14.3 Å². The van der Waals surface area contributed by atoms with E-state index < -0.39 is 5.60 Å². The van der Waals surface area contributed by atoms with E-state index in [1.165, 1.54) is 7.11 Å². The van der Waals surface area contributed by atoms with Crippen LogP contribution in [0.1, 0.15) is 17.3 Å². The van der Waals surface area contributed by atoms with Gasteiger partial charge in [0.1, 0.15) is 23.7 Å². The van der Waals surface area contributed by atoms with Crippen LogP contribution in [0.5, 0.6) is 11.5 Å². The Labute approximate surface area is 158 Å². The summed E-state index contributed by atoms with van der Waals surface area (Å²) in [5.41, 5.74) is -0.259. The number of carbonyl (C=O) groups excluding carboxylic acids is 2. The molecule has 1 spiro atoms. The van der Waals surface area contributed by atoms with E-state index in [2.05, 4.69) is 0 Å². The summed E-state index contributed by atoms with van der Waals surface area (Å²) in [5.74, 6) is 0.866. The normalized spacial score (nSPS) is 23.3. The first-order valence-corrected chi connectivity index (χ1v) is 9.02. The van der Waals surface area contributed by atoms with Gasteiger partial charge in [-0.2, -0.15) is 0 Å². The quantitative estimate of drug-likeness (QED) is 0.771. The summed E-state index contributed by atoms with van der Waals surface area (Å²) in [6, 6.07) is 5.11. The topological polar surface area (TPSA) is 77.5 Å². The van der Waals surface area contributed by atoms with Crippen molar-refractivity contribution in [2.45, 2.75) is 12.5 Å². The average molecular weight is 378 g/mol. The molecule has 2 heterocycles. The molecule has 1 unspecified atom stereocenters. The first-order valence-electron chi connectivity index (χ1n) is 9.02. The van der Waals surface area contributed by atoms with Gasteiger partial charge in [-0.3, -0.25) is 9.59 Å². The molecule has 2 aliphatic rings. The molecule has 2 fully saturated rings. The van der Waals surface area contributed by atoms with Gasteiger partial charge in [-0.25, -0.2) is 0 Å². The van der Waals surface area contributed by atoms with Crippen LogP contribution in [0, 0.1) is 0 Å². The molecule has 27 heavy (non-hydrogen) atoms. The van der Waals surface area contributed by atoms with Gasteiger partial charge in [-0.1, -0.05) is 0 Å². The highest BCUT2D eigenvalue weighted by Gasteiger charge is 2.43. The molecule has 2 aliphatic heterocycles. The van der Waals surface area contributed by atoms with Crippen molar-refractivity contribution < 1.29 is 28.5 Å². The summed E-state index contributed by atoms with van der Waals surface area (Å²) in [4.78, 5) is 28.6. The molecule has 0 radical (unpaired) electrons. The molecule has 0 bridgehead atoms. The summed E-state index contributed by atoms with van der Waals surface area (Å²) in [6.45, 7) is 4.50. The molecule has 0 saturated carbocycles. The second-order valence-electron chi connectivity index (χ2n) is 6.73. The molecule has 148 valence electrons. The molecule has 0 aromatic heterocycles. The lowest BCUT2D eigenvalue weighted by atomic mass is 10.0. The molecule has 8 nitrogen and oxygen atoms in total. The standard InChI is InChI=1S/C19H26N2O6/c1-4-20-11-19(27-10-17(20)22)12-21(7-8-26-13-19)18(23)15-6-5-14(24-2)9-16(15)25-3/h5-6,9H,4,7-8,10-13H2,1-3H3. The number of morpholine rings is 1. The first-order chi connectivity index (χ1) is 13.0. The van der Waals surface area contributed by atoms with Gasteiger partial charge in [-0.05, 0) is 19.1 Å². The molecule has 1 aromatic carbocycles. The van der Waals surface area contributed by atoms with Crippen molar-refractivity contribution in [1.29, 1.82) is 0 Å². The largest absolute Gasteiger partial charge is 0.497 e. The predicted molar refractivity (Wildman–Crippen MR) is 97.2 cm³/mol. The van der Waals surface area contributed by atoms with Crippen LogP contribution in [0.2, 0.25) is 0 Å². The van der Waals surface area contributed by atoms with E-state index in [-0.39, 0.29) is 18.4 Å². The second-order valence-corrected chi connectivity index (χ2v) is 6.73. The van der Waals surface area contributed by atoms with Gasteiger partial charge in [0.15, 0.2) is 0 Å². The minimum absolute atomic E-state index is 0.00505. The fraction of sp³-hybridized carbons (Fsp3) is 0.579. The number of nitrogens with zero attached hydrogens (tertiary/aromatic N) is 2. The molecule has 3 rings (SSSR count). The Kier molecular flexibility index (Phi) is 5.86. The molecular weight excluding hydrogens is 352 g/mol. The third kappa shape index (κ3) is 4.01. The Balaban J connectivity index is 1.83. The van der Waals surface area contributed by atoms with Gasteiger partial charge in [0.05, 0.1) is 46.1 Å². The fourth-order valence-electron chi connectivity index (χ4n) is 3.48. The number of ether oxygens (including phenoxy) is 4. The van der Waals surface area contributed by atoms with Crippen molar-refractivity contribution in [3.63, 3.8) is 0 Å². The van der Waals surface area contributed by atoms with Gasteiger partial charge in [-0.15, -0.1) is 0 Å². The van der Waals surface area contributed by atoms with Crippen LogP contribution in [0.3, 0.4) is 0 Å². The third-order valence-corrected chi connectivity index (χ3v) is 4.99. The minimum atomic E-state index is -0.713. The summed E-state index contributed by atoms with van der Waals surface area (Å²) in [6.07, 6.45) is 0. The van der Waals surface area contributed by atoms with Crippen molar-refractivity contribution in [2.75, 3.05) is 60.2 Å². The highest BCUT2D eigenvalue weighted by atomic mass is 16.6. The van der Waals surface area contributed by atoms with Crippen LogP contribution in [-0.4, -0.2) is 87.4 Å². The van der Waals surface area contributed by atoms with Crippen molar-refractivity contribution in [1.82, 2.24) is 9.80 Å². The molecule has 1 aromatic rings. The Morgan fingerprint density at radius 2 is 2.07 bits per heavy atom. The Bertz CT molecular complexity index is 709. The van der Waals surface area contributed by atoms with Crippen LogP contribution >= 0.6 is 0 Å². The smallest absolute Gasteiger partial charge is 0.257 e. The number of carbonyl (C=O) groups is 2. The second kappa shape index (κ2) is 8.14. The Morgan fingerprint density at radius 3 is 2.78 bits per heavy atom. The minimum Gasteiger partial charge on any atom is -0.497 e. The van der Waals surface area contributed by atoms with E-state index in [1.807, 2.05) is 6.92 Å². The number of hydrogen-bond acceptors (Lipinski definition) is 6. The molecular formula is C19H26N2O6. The van der Waals surface area contributed by atoms with Gasteiger partial charge >= 0.3 is 0 Å². The highest BCUT2D eigenvalue weighted by Crippen LogP contribution is 2.28. The summed E-state index contributed by atoms with van der Waals surface area (Å²) in [5, 5.41) is 0. The van der Waals surface area contributed by atoms with Crippen LogP contribution in [0.15, 0.2) is 18.2 Å². The maximum Gasteiger partial charge on any atom is 0.257 e. The number of rotatable bonds is 4. The zero-order chi connectivity index (χ0) is 19.4. The monoisotopic (exact) mass is 378 g/mol. The Morgan fingerprint density at radius 1 is 1.26 bits per heavy atom. The molecule has 1 atom stereocenters. The summed E-state index contributed by atoms with van der Waals surface area (Å²) in [7, 11) is 3.08. The van der Waals surface area contributed by atoms with Crippen molar-refractivity contribution in [3.8, 4) is 11.5 Å². The Hall–Kier alpha value is -2.32. The van der Waals surface area contributed by atoms with Gasteiger partial charge < -0.3 is 28.7 Å². The maximum atomic E-state index is 13.2. The molecule has 0 N–H and O–H groups in total. The highest BCUT2D eigenvalue weighted by molar-refractivity contribution is 5.97. The van der Waals surface area contributed by atoms with E-state index in [9.17, 15) is 9.59 Å². The van der Waals surface area contributed by atoms with Gasteiger partial charge in [0.25, 0.3) is 5.91 Å². The van der Waals surface area contributed by atoms with E-state index in [4.69, 9.17) is 18.9 Å².